The van der Waals surface area contributed by atoms with Crippen LogP contribution in [-0.2, 0) is 6.54 Å². The van der Waals surface area contributed by atoms with Gasteiger partial charge in [-0.25, -0.2) is 8.78 Å². The smallest absolute Gasteiger partial charge is 0.291 e. The van der Waals surface area contributed by atoms with Crippen molar-refractivity contribution < 1.29 is 18.0 Å². The van der Waals surface area contributed by atoms with Gasteiger partial charge in [-0.1, -0.05) is 0 Å². The largest absolute Gasteiger partial charge is 0.454 e. The van der Waals surface area contributed by atoms with Gasteiger partial charge in [0.25, 0.3) is 5.91 Å². The fourth-order valence-corrected chi connectivity index (χ4v) is 2.27. The molecule has 0 saturated heterocycles. The van der Waals surface area contributed by atoms with Gasteiger partial charge >= 0.3 is 0 Å². The van der Waals surface area contributed by atoms with Crippen LogP contribution in [0.1, 0.15) is 16.3 Å². The molecule has 118 valence electrons. The quantitative estimate of drug-likeness (QED) is 0.747. The summed E-state index contributed by atoms with van der Waals surface area (Å²) in [4.78, 5) is 12.0. The first-order valence-electron chi connectivity index (χ1n) is 6.54. The van der Waals surface area contributed by atoms with E-state index < -0.39 is 17.5 Å². The van der Waals surface area contributed by atoms with Gasteiger partial charge in [0, 0.05) is 12.3 Å². The first-order valence-corrected chi connectivity index (χ1v) is 7.33. The zero-order chi connectivity index (χ0) is 16.4. The highest BCUT2D eigenvalue weighted by atomic mass is 79.9. The van der Waals surface area contributed by atoms with E-state index in [1.165, 1.54) is 6.07 Å². The predicted octanol–water partition coefficient (Wildman–Crippen LogP) is 3.82. The van der Waals surface area contributed by atoms with Crippen molar-refractivity contribution in [2.45, 2.75) is 6.54 Å². The van der Waals surface area contributed by atoms with Crippen LogP contribution < -0.4 is 5.32 Å². The van der Waals surface area contributed by atoms with E-state index in [-0.39, 0.29) is 11.4 Å². The van der Waals surface area contributed by atoms with Crippen LogP contribution >= 0.6 is 15.9 Å². The van der Waals surface area contributed by atoms with E-state index in [0.29, 0.717) is 12.3 Å². The maximum atomic E-state index is 13.5. The number of hydrogen-bond donors (Lipinski definition) is 1. The standard InChI is InChI=1S/C15H10BrF2N3O2/c16-9-6-19-21(7-9)8-11-2-4-14(23-11)15(22)20-13-5-10(17)1-3-12(13)18/h1-7H,8H2,(H,20,22). The number of amides is 1. The minimum absolute atomic E-state index is 0.00474. The van der Waals surface area contributed by atoms with Crippen molar-refractivity contribution in [2.75, 3.05) is 5.32 Å². The molecule has 3 rings (SSSR count). The van der Waals surface area contributed by atoms with Gasteiger partial charge in [-0.3, -0.25) is 9.48 Å². The minimum Gasteiger partial charge on any atom is -0.454 e. The summed E-state index contributed by atoms with van der Waals surface area (Å²) in [6.07, 6.45) is 3.38. The maximum absolute atomic E-state index is 13.5. The molecule has 0 aliphatic heterocycles. The third-order valence-corrected chi connectivity index (χ3v) is 3.39. The fraction of sp³-hybridized carbons (Fsp3) is 0.0667. The highest BCUT2D eigenvalue weighted by Crippen LogP contribution is 2.18. The van der Waals surface area contributed by atoms with Crippen molar-refractivity contribution in [2.24, 2.45) is 0 Å². The molecule has 2 aromatic heterocycles. The lowest BCUT2D eigenvalue weighted by atomic mass is 10.3. The van der Waals surface area contributed by atoms with E-state index in [4.69, 9.17) is 4.42 Å². The molecule has 0 saturated carbocycles. The highest BCUT2D eigenvalue weighted by Gasteiger charge is 2.14. The number of benzene rings is 1. The second-order valence-corrected chi connectivity index (χ2v) is 5.62. The Bertz CT molecular complexity index is 860. The molecule has 0 bridgehead atoms. The van der Waals surface area contributed by atoms with Crippen LogP contribution in [0.2, 0.25) is 0 Å². The normalized spacial score (nSPS) is 10.7. The Morgan fingerprint density at radius 1 is 1.30 bits per heavy atom. The summed E-state index contributed by atoms with van der Waals surface area (Å²) in [7, 11) is 0. The van der Waals surface area contributed by atoms with Gasteiger partial charge in [-0.15, -0.1) is 0 Å². The van der Waals surface area contributed by atoms with Crippen LogP contribution in [0.4, 0.5) is 14.5 Å². The van der Waals surface area contributed by atoms with Gasteiger partial charge < -0.3 is 9.73 Å². The highest BCUT2D eigenvalue weighted by molar-refractivity contribution is 9.10. The van der Waals surface area contributed by atoms with Crippen LogP contribution in [0.25, 0.3) is 0 Å². The fourth-order valence-electron chi connectivity index (χ4n) is 1.95. The SMILES string of the molecule is O=C(Nc1cc(F)ccc1F)c1ccc(Cn2cc(Br)cn2)o1. The summed E-state index contributed by atoms with van der Waals surface area (Å²) in [5, 5.41) is 6.34. The maximum Gasteiger partial charge on any atom is 0.291 e. The van der Waals surface area contributed by atoms with E-state index in [0.717, 1.165) is 22.7 Å². The lowest BCUT2D eigenvalue weighted by molar-refractivity contribution is 0.0994. The molecule has 8 heteroatoms. The Morgan fingerprint density at radius 3 is 2.87 bits per heavy atom. The van der Waals surface area contributed by atoms with Crippen LogP contribution in [0, 0.1) is 11.6 Å². The summed E-state index contributed by atoms with van der Waals surface area (Å²) in [6.45, 7) is 0.340. The van der Waals surface area contributed by atoms with Gasteiger partial charge in [0.15, 0.2) is 5.76 Å². The predicted molar refractivity (Wildman–Crippen MR) is 82.0 cm³/mol. The van der Waals surface area contributed by atoms with Gasteiger partial charge in [-0.05, 0) is 40.2 Å². The minimum atomic E-state index is -0.729. The molecule has 0 atom stereocenters. The molecular weight excluding hydrogens is 372 g/mol. The number of nitrogens with one attached hydrogen (secondary N) is 1. The van der Waals surface area contributed by atoms with E-state index in [9.17, 15) is 13.6 Å². The molecular formula is C15H10BrF2N3O2. The molecule has 1 aromatic carbocycles. The van der Waals surface area contributed by atoms with Crippen molar-refractivity contribution in [3.8, 4) is 0 Å². The van der Waals surface area contributed by atoms with Crippen molar-refractivity contribution in [3.63, 3.8) is 0 Å². The number of aromatic nitrogens is 2. The Kier molecular flexibility index (Phi) is 4.24. The summed E-state index contributed by atoms with van der Waals surface area (Å²) in [5.74, 6) is -1.54. The van der Waals surface area contributed by atoms with Crippen LogP contribution in [0.3, 0.4) is 0 Å². The van der Waals surface area contributed by atoms with E-state index in [1.807, 2.05) is 0 Å². The monoisotopic (exact) mass is 381 g/mol. The second-order valence-electron chi connectivity index (χ2n) is 4.70. The average Bonchev–Trinajstić information content (AvgIpc) is 3.13. The van der Waals surface area contributed by atoms with Gasteiger partial charge in [0.05, 0.1) is 22.9 Å². The third kappa shape index (κ3) is 3.65. The van der Waals surface area contributed by atoms with Gasteiger partial charge in [-0.2, -0.15) is 5.10 Å². The molecule has 2 heterocycles. The first kappa shape index (κ1) is 15.4. The zero-order valence-corrected chi connectivity index (χ0v) is 13.2. The molecule has 1 amide bonds. The van der Waals surface area contributed by atoms with Gasteiger partial charge in [0.1, 0.15) is 17.4 Å². The van der Waals surface area contributed by atoms with E-state index in [1.54, 1.807) is 23.1 Å². The topological polar surface area (TPSA) is 60.1 Å². The molecule has 0 aliphatic carbocycles. The summed E-state index contributed by atoms with van der Waals surface area (Å²) < 4.78 is 34.4. The summed E-state index contributed by atoms with van der Waals surface area (Å²) >= 11 is 3.28. The molecule has 5 nitrogen and oxygen atoms in total. The Balaban J connectivity index is 1.72. The van der Waals surface area contributed by atoms with E-state index >= 15 is 0 Å². The van der Waals surface area contributed by atoms with Crippen LogP contribution in [0.15, 0.2) is 51.6 Å². The third-order valence-electron chi connectivity index (χ3n) is 2.98. The van der Waals surface area contributed by atoms with Crippen molar-refractivity contribution in [1.82, 2.24) is 9.78 Å². The van der Waals surface area contributed by atoms with Crippen LogP contribution in [0.5, 0.6) is 0 Å². The van der Waals surface area contributed by atoms with Crippen LogP contribution in [-0.4, -0.2) is 15.7 Å². The first-order chi connectivity index (χ1) is 11.0. The molecule has 0 spiro atoms. The summed E-state index contributed by atoms with van der Waals surface area (Å²) in [5.41, 5.74) is -0.246. The number of carbonyl (C=O) groups is 1. The van der Waals surface area contributed by atoms with Crippen molar-refractivity contribution in [3.05, 3.63) is 70.4 Å². The Morgan fingerprint density at radius 2 is 2.13 bits per heavy atom. The van der Waals surface area contributed by atoms with Gasteiger partial charge in [0.2, 0.25) is 0 Å². The number of halogens is 3. The van der Waals surface area contributed by atoms with Crippen molar-refractivity contribution in [1.29, 1.82) is 0 Å². The average molecular weight is 382 g/mol. The zero-order valence-electron chi connectivity index (χ0n) is 11.6. The summed E-state index contributed by atoms with van der Waals surface area (Å²) in [6, 6.07) is 5.89. The molecule has 0 aliphatic rings. The molecule has 1 N–H and O–H groups in total. The second kappa shape index (κ2) is 6.33. The molecule has 3 aromatic rings. The number of rotatable bonds is 4. The number of hydrogen-bond acceptors (Lipinski definition) is 3. The Hall–Kier alpha value is -2.48. The van der Waals surface area contributed by atoms with Crippen molar-refractivity contribution >= 4 is 27.5 Å². The molecule has 23 heavy (non-hydrogen) atoms. The Labute approximate surface area is 138 Å². The molecule has 0 fully saturated rings. The number of anilines is 1. The lowest BCUT2D eigenvalue weighted by Gasteiger charge is -2.04. The van der Waals surface area contributed by atoms with E-state index in [2.05, 4.69) is 26.3 Å². The number of carbonyl (C=O) groups excluding carboxylic acids is 1. The molecule has 0 radical (unpaired) electrons. The lowest BCUT2D eigenvalue weighted by Crippen LogP contribution is -2.12. The number of furan rings is 1. The number of nitrogens with zero attached hydrogens (tertiary/aromatic N) is 2. The molecule has 0 unspecified atom stereocenters.